The monoisotopic (exact) mass is 296 g/mol. The van der Waals surface area contributed by atoms with Crippen molar-refractivity contribution in [3.8, 4) is 0 Å². The Balaban J connectivity index is 2.02. The third-order valence-corrected chi connectivity index (χ3v) is 3.58. The van der Waals surface area contributed by atoms with Crippen LogP contribution in [0.25, 0.3) is 0 Å². The molecular weight excluding hydrogens is 272 g/mol. The molecule has 116 valence electrons. The van der Waals surface area contributed by atoms with E-state index >= 15 is 0 Å². The molecule has 2 N–H and O–H groups in total. The number of para-hydroxylation sites is 2. The molecule has 0 aliphatic carbocycles. The predicted molar refractivity (Wildman–Crippen MR) is 94.1 cm³/mol. The minimum absolute atomic E-state index is 0.0436. The molecule has 2 rings (SSSR count). The van der Waals surface area contributed by atoms with Crippen molar-refractivity contribution in [2.24, 2.45) is 0 Å². The van der Waals surface area contributed by atoms with Gasteiger partial charge in [0.15, 0.2) is 0 Å². The van der Waals surface area contributed by atoms with Crippen molar-refractivity contribution in [1.82, 2.24) is 0 Å². The lowest BCUT2D eigenvalue weighted by molar-refractivity contribution is 0.117. The van der Waals surface area contributed by atoms with Gasteiger partial charge < -0.3 is 15.4 Å². The third kappa shape index (κ3) is 4.55. The van der Waals surface area contributed by atoms with Gasteiger partial charge in [0.25, 0.3) is 0 Å². The highest BCUT2D eigenvalue weighted by Gasteiger charge is 2.24. The smallest absolute Gasteiger partial charge is 0.137 e. The minimum Gasteiger partial charge on any atom is -0.494 e. The summed E-state index contributed by atoms with van der Waals surface area (Å²) in [6, 6.07) is 20.6. The Morgan fingerprint density at radius 2 is 1.23 bits per heavy atom. The Morgan fingerprint density at radius 1 is 0.818 bits per heavy atom. The molecule has 0 radical (unpaired) electrons. The number of ether oxygens (including phenoxy) is 1. The molecule has 0 amide bonds. The van der Waals surface area contributed by atoms with Gasteiger partial charge >= 0.3 is 0 Å². The van der Waals surface area contributed by atoms with Gasteiger partial charge in [-0.1, -0.05) is 43.0 Å². The summed E-state index contributed by atoms with van der Waals surface area (Å²) in [5.41, 5.74) is 2.17. The summed E-state index contributed by atoms with van der Waals surface area (Å²) in [4.78, 5) is 0. The zero-order valence-electron chi connectivity index (χ0n) is 13.2. The largest absolute Gasteiger partial charge is 0.494 e. The standard InChI is InChI=1S/C19H24N2O/c1-4-22-19(15(2)20-17-11-7-5-8-12-17)16(3)21-18-13-9-6-10-14-18/h4-16,19-21H,1H2,2-3H3. The zero-order valence-corrected chi connectivity index (χ0v) is 13.2. The average molecular weight is 296 g/mol. The van der Waals surface area contributed by atoms with E-state index < -0.39 is 0 Å². The maximum Gasteiger partial charge on any atom is 0.137 e. The van der Waals surface area contributed by atoms with E-state index in [9.17, 15) is 0 Å². The Hall–Kier alpha value is -2.42. The van der Waals surface area contributed by atoms with Gasteiger partial charge in [0.05, 0.1) is 18.3 Å². The van der Waals surface area contributed by atoms with Gasteiger partial charge in [-0.2, -0.15) is 0 Å². The van der Waals surface area contributed by atoms with Gasteiger partial charge in [-0.05, 0) is 38.1 Å². The maximum absolute atomic E-state index is 5.75. The third-order valence-electron chi connectivity index (χ3n) is 3.58. The predicted octanol–water partition coefficient (Wildman–Crippen LogP) is 4.52. The molecule has 22 heavy (non-hydrogen) atoms. The van der Waals surface area contributed by atoms with Gasteiger partial charge in [0, 0.05) is 11.4 Å². The number of rotatable bonds is 8. The fraction of sp³-hybridized carbons (Fsp3) is 0.263. The molecule has 0 spiro atoms. The Labute approximate surface area is 133 Å². The van der Waals surface area contributed by atoms with E-state index in [4.69, 9.17) is 4.74 Å². The van der Waals surface area contributed by atoms with Crippen LogP contribution in [0.1, 0.15) is 13.8 Å². The summed E-state index contributed by atoms with van der Waals surface area (Å²) in [7, 11) is 0. The summed E-state index contributed by atoms with van der Waals surface area (Å²) >= 11 is 0. The normalized spacial score (nSPS) is 14.5. The molecule has 0 fully saturated rings. The van der Waals surface area contributed by atoms with Crippen LogP contribution in [-0.4, -0.2) is 18.2 Å². The quantitative estimate of drug-likeness (QED) is 0.703. The summed E-state index contributed by atoms with van der Waals surface area (Å²) in [6.45, 7) is 7.93. The molecule has 2 aromatic rings. The SMILES string of the molecule is C=COC(C(C)Nc1ccccc1)C(C)Nc1ccccc1. The van der Waals surface area contributed by atoms with Crippen LogP contribution >= 0.6 is 0 Å². The van der Waals surface area contributed by atoms with Crippen LogP contribution < -0.4 is 10.6 Å². The van der Waals surface area contributed by atoms with Crippen LogP contribution in [0.5, 0.6) is 0 Å². The van der Waals surface area contributed by atoms with Crippen LogP contribution in [0.2, 0.25) is 0 Å². The molecule has 0 saturated heterocycles. The van der Waals surface area contributed by atoms with E-state index in [1.807, 2.05) is 36.4 Å². The van der Waals surface area contributed by atoms with Crippen molar-refractivity contribution in [1.29, 1.82) is 0 Å². The number of benzene rings is 2. The summed E-state index contributed by atoms with van der Waals surface area (Å²) < 4.78 is 5.75. The number of anilines is 2. The molecule has 2 aromatic carbocycles. The van der Waals surface area contributed by atoms with Crippen molar-refractivity contribution in [3.05, 3.63) is 73.5 Å². The first-order chi connectivity index (χ1) is 10.7. The van der Waals surface area contributed by atoms with Crippen LogP contribution in [0, 0.1) is 0 Å². The Bertz CT molecular complexity index is 509. The molecule has 0 aliphatic rings. The molecule has 0 aromatic heterocycles. The Kier molecular flexibility index (Phi) is 5.90. The Morgan fingerprint density at radius 3 is 1.59 bits per heavy atom. The fourth-order valence-corrected chi connectivity index (χ4v) is 2.54. The van der Waals surface area contributed by atoms with Crippen molar-refractivity contribution in [2.75, 3.05) is 10.6 Å². The fourth-order valence-electron chi connectivity index (χ4n) is 2.54. The lowest BCUT2D eigenvalue weighted by Gasteiger charge is -2.31. The topological polar surface area (TPSA) is 33.3 Å². The molecular formula is C19H24N2O. The molecule has 3 nitrogen and oxygen atoms in total. The van der Waals surface area contributed by atoms with Crippen LogP contribution in [-0.2, 0) is 4.74 Å². The number of hydrogen-bond donors (Lipinski definition) is 2. The minimum atomic E-state index is -0.0436. The van der Waals surface area contributed by atoms with Crippen molar-refractivity contribution in [2.45, 2.75) is 32.0 Å². The van der Waals surface area contributed by atoms with Gasteiger partial charge in [-0.25, -0.2) is 0 Å². The average Bonchev–Trinajstić information content (AvgIpc) is 2.54. The van der Waals surface area contributed by atoms with E-state index in [0.717, 1.165) is 11.4 Å². The van der Waals surface area contributed by atoms with Crippen molar-refractivity contribution < 1.29 is 4.74 Å². The van der Waals surface area contributed by atoms with E-state index in [1.165, 1.54) is 6.26 Å². The zero-order chi connectivity index (χ0) is 15.8. The molecule has 0 bridgehead atoms. The second-order valence-electron chi connectivity index (χ2n) is 5.37. The van der Waals surface area contributed by atoms with Gasteiger partial charge in [-0.15, -0.1) is 0 Å². The van der Waals surface area contributed by atoms with E-state index in [-0.39, 0.29) is 18.2 Å². The molecule has 0 saturated carbocycles. The van der Waals surface area contributed by atoms with Gasteiger partial charge in [0.2, 0.25) is 0 Å². The van der Waals surface area contributed by atoms with Crippen LogP contribution in [0.4, 0.5) is 11.4 Å². The molecule has 2 atom stereocenters. The lowest BCUT2D eigenvalue weighted by atomic mass is 10.0. The number of hydrogen-bond acceptors (Lipinski definition) is 3. The molecule has 3 heteroatoms. The molecule has 2 unspecified atom stereocenters. The van der Waals surface area contributed by atoms with E-state index in [2.05, 4.69) is 55.3 Å². The first kappa shape index (κ1) is 16.0. The summed E-state index contributed by atoms with van der Waals surface area (Å²) in [6.07, 6.45) is 1.47. The van der Waals surface area contributed by atoms with Crippen molar-refractivity contribution >= 4 is 11.4 Å². The first-order valence-corrected chi connectivity index (χ1v) is 7.60. The summed E-state index contributed by atoms with van der Waals surface area (Å²) in [5.74, 6) is 0. The first-order valence-electron chi connectivity index (χ1n) is 7.60. The number of nitrogens with one attached hydrogen (secondary N) is 2. The molecule has 0 heterocycles. The van der Waals surface area contributed by atoms with Crippen LogP contribution in [0.3, 0.4) is 0 Å². The maximum atomic E-state index is 5.75. The second-order valence-corrected chi connectivity index (χ2v) is 5.37. The van der Waals surface area contributed by atoms with Crippen molar-refractivity contribution in [3.63, 3.8) is 0 Å². The van der Waals surface area contributed by atoms with Gasteiger partial charge in [-0.3, -0.25) is 0 Å². The van der Waals surface area contributed by atoms with Crippen LogP contribution in [0.15, 0.2) is 73.5 Å². The van der Waals surface area contributed by atoms with Gasteiger partial charge in [0.1, 0.15) is 6.10 Å². The highest BCUT2D eigenvalue weighted by molar-refractivity contribution is 5.45. The van der Waals surface area contributed by atoms with E-state index in [1.54, 1.807) is 0 Å². The van der Waals surface area contributed by atoms with E-state index in [0.29, 0.717) is 0 Å². The highest BCUT2D eigenvalue weighted by atomic mass is 16.5. The highest BCUT2D eigenvalue weighted by Crippen LogP contribution is 2.16. The summed E-state index contributed by atoms with van der Waals surface area (Å²) in [5, 5.41) is 6.96. The molecule has 0 aliphatic heterocycles. The lowest BCUT2D eigenvalue weighted by Crippen LogP contribution is -2.43. The second kappa shape index (κ2) is 8.13.